The highest BCUT2D eigenvalue weighted by Crippen LogP contribution is 2.42. The molecule has 0 radical (unpaired) electrons. The Hall–Kier alpha value is -0.0800. The minimum atomic E-state index is 0.192. The monoisotopic (exact) mass is 230 g/mol. The number of halogens is 1. The van der Waals surface area contributed by atoms with Gasteiger partial charge < -0.3 is 5.11 Å². The lowest BCUT2D eigenvalue weighted by Crippen LogP contribution is -2.09. The minimum absolute atomic E-state index is 0.192. The Kier molecular flexibility index (Phi) is 3.13. The van der Waals surface area contributed by atoms with Crippen LogP contribution in [0.25, 0.3) is 0 Å². The number of thioether (sulfide) groups is 1. The number of aliphatic hydroxyl groups is 1. The van der Waals surface area contributed by atoms with Gasteiger partial charge in [0.05, 0.1) is 5.38 Å². The van der Waals surface area contributed by atoms with E-state index in [-0.39, 0.29) is 5.38 Å². The molecule has 2 aliphatic rings. The Morgan fingerprint density at radius 1 is 1.43 bits per heavy atom. The molecule has 1 nitrogen and oxygen atoms in total. The van der Waals surface area contributed by atoms with Gasteiger partial charge in [-0.25, -0.2) is 0 Å². The Morgan fingerprint density at radius 2 is 2.21 bits per heavy atom. The topological polar surface area (TPSA) is 20.2 Å². The van der Waals surface area contributed by atoms with Gasteiger partial charge in [-0.05, 0) is 12.8 Å². The van der Waals surface area contributed by atoms with E-state index >= 15 is 0 Å². The average molecular weight is 231 g/mol. The van der Waals surface area contributed by atoms with Crippen LogP contribution >= 0.6 is 23.4 Å². The van der Waals surface area contributed by atoms with Crippen molar-refractivity contribution >= 4 is 23.4 Å². The van der Waals surface area contributed by atoms with Crippen LogP contribution in [0.5, 0.6) is 0 Å². The number of alkyl halides is 1. The van der Waals surface area contributed by atoms with Crippen LogP contribution in [-0.4, -0.2) is 16.2 Å². The van der Waals surface area contributed by atoms with Crippen molar-refractivity contribution in [2.24, 2.45) is 11.8 Å². The average Bonchev–Trinajstić information content (AvgIpc) is 2.50. The van der Waals surface area contributed by atoms with Crippen molar-refractivity contribution in [1.82, 2.24) is 0 Å². The summed E-state index contributed by atoms with van der Waals surface area (Å²) >= 11 is 7.78. The first-order chi connectivity index (χ1) is 6.68. The molecule has 1 N–H and O–H groups in total. The second-order valence-corrected chi connectivity index (χ2v) is 5.67. The molecule has 0 bridgehead atoms. The van der Waals surface area contributed by atoms with Gasteiger partial charge in [0.25, 0.3) is 0 Å². The third-order valence-electron chi connectivity index (χ3n) is 2.85. The molecule has 0 saturated carbocycles. The van der Waals surface area contributed by atoms with Crippen molar-refractivity contribution in [3.8, 4) is 0 Å². The molecule has 1 aliphatic heterocycles. The van der Waals surface area contributed by atoms with Crippen molar-refractivity contribution in [2.45, 2.75) is 25.1 Å². The van der Waals surface area contributed by atoms with Crippen molar-refractivity contribution in [3.05, 3.63) is 22.8 Å². The molecule has 0 saturated heterocycles. The fourth-order valence-electron chi connectivity index (χ4n) is 1.91. The molecule has 0 aromatic heterocycles. The number of hydrogen-bond acceptors (Lipinski definition) is 2. The lowest BCUT2D eigenvalue weighted by atomic mass is 9.93. The molecule has 3 atom stereocenters. The maximum Gasteiger partial charge on any atom is 0.106 e. The first-order valence-corrected chi connectivity index (χ1v) is 6.49. The van der Waals surface area contributed by atoms with Crippen LogP contribution < -0.4 is 0 Å². The first kappa shape index (κ1) is 10.4. The van der Waals surface area contributed by atoms with Crippen LogP contribution in [0.3, 0.4) is 0 Å². The lowest BCUT2D eigenvalue weighted by Gasteiger charge is -2.20. The standard InChI is InChI=1S/C11H15ClOS/c1-7-6-14-11(10(7)13)8-2-4-9(12)5-3-8/h2,4,7-9,13H,3,5-6H2,1H3/t7-,8?,9-/m1/s1. The number of allylic oxidation sites excluding steroid dienone is 4. The Labute approximate surface area is 94.2 Å². The Bertz CT molecular complexity index is 285. The lowest BCUT2D eigenvalue weighted by molar-refractivity contribution is 0.350. The van der Waals surface area contributed by atoms with Gasteiger partial charge in [0.2, 0.25) is 0 Å². The fourth-order valence-corrected chi connectivity index (χ4v) is 3.47. The van der Waals surface area contributed by atoms with Gasteiger partial charge in [-0.1, -0.05) is 19.1 Å². The maximum atomic E-state index is 9.87. The zero-order chi connectivity index (χ0) is 10.1. The molecule has 1 heterocycles. The number of aliphatic hydroxyl groups excluding tert-OH is 1. The molecular weight excluding hydrogens is 216 g/mol. The minimum Gasteiger partial charge on any atom is -0.511 e. The maximum absolute atomic E-state index is 9.87. The molecule has 0 aromatic carbocycles. The fraction of sp³-hybridized carbons (Fsp3) is 0.636. The number of hydrogen-bond donors (Lipinski definition) is 1. The summed E-state index contributed by atoms with van der Waals surface area (Å²) in [7, 11) is 0. The van der Waals surface area contributed by atoms with Gasteiger partial charge in [-0.3, -0.25) is 0 Å². The molecule has 14 heavy (non-hydrogen) atoms. The summed E-state index contributed by atoms with van der Waals surface area (Å²) in [5.74, 6) is 2.38. The van der Waals surface area contributed by atoms with Crippen molar-refractivity contribution in [3.63, 3.8) is 0 Å². The summed E-state index contributed by atoms with van der Waals surface area (Å²) in [5, 5.41) is 10.1. The Balaban J connectivity index is 2.13. The van der Waals surface area contributed by atoms with Crippen molar-refractivity contribution in [1.29, 1.82) is 0 Å². The smallest absolute Gasteiger partial charge is 0.106 e. The van der Waals surface area contributed by atoms with Gasteiger partial charge in [0, 0.05) is 22.5 Å². The van der Waals surface area contributed by atoms with Crippen LogP contribution in [0.2, 0.25) is 0 Å². The molecule has 0 fully saturated rings. The molecule has 1 unspecified atom stereocenters. The molecule has 0 spiro atoms. The molecule has 0 amide bonds. The zero-order valence-corrected chi connectivity index (χ0v) is 9.81. The van der Waals surface area contributed by atoms with E-state index in [1.54, 1.807) is 11.8 Å². The summed E-state index contributed by atoms with van der Waals surface area (Å²) in [6.07, 6.45) is 6.30. The molecule has 0 aromatic rings. The van der Waals surface area contributed by atoms with Crippen molar-refractivity contribution < 1.29 is 5.11 Å². The van der Waals surface area contributed by atoms with E-state index in [1.165, 1.54) is 4.91 Å². The van der Waals surface area contributed by atoms with Crippen LogP contribution in [0, 0.1) is 11.8 Å². The summed E-state index contributed by atoms with van der Waals surface area (Å²) in [6.45, 7) is 2.08. The quantitative estimate of drug-likeness (QED) is 0.548. The third-order valence-corrected chi connectivity index (χ3v) is 4.70. The summed E-state index contributed by atoms with van der Waals surface area (Å²) in [5.41, 5.74) is 0. The van der Waals surface area contributed by atoms with Gasteiger partial charge in [0.1, 0.15) is 5.76 Å². The van der Waals surface area contributed by atoms with Crippen LogP contribution in [0.1, 0.15) is 19.8 Å². The highest BCUT2D eigenvalue weighted by molar-refractivity contribution is 8.03. The number of rotatable bonds is 1. The van der Waals surface area contributed by atoms with E-state index < -0.39 is 0 Å². The van der Waals surface area contributed by atoms with E-state index in [2.05, 4.69) is 19.1 Å². The van der Waals surface area contributed by atoms with E-state index in [9.17, 15) is 5.11 Å². The summed E-state index contributed by atoms with van der Waals surface area (Å²) in [6, 6.07) is 0. The summed E-state index contributed by atoms with van der Waals surface area (Å²) in [4.78, 5) is 1.18. The highest BCUT2D eigenvalue weighted by atomic mass is 35.5. The molecular formula is C11H15ClOS. The van der Waals surface area contributed by atoms with Gasteiger partial charge in [0.15, 0.2) is 0 Å². The first-order valence-electron chi connectivity index (χ1n) is 5.06. The van der Waals surface area contributed by atoms with E-state index in [0.29, 0.717) is 17.6 Å². The molecule has 1 aliphatic carbocycles. The van der Waals surface area contributed by atoms with Gasteiger partial charge >= 0.3 is 0 Å². The zero-order valence-electron chi connectivity index (χ0n) is 8.24. The predicted molar refractivity (Wildman–Crippen MR) is 62.8 cm³/mol. The van der Waals surface area contributed by atoms with Gasteiger partial charge in [-0.2, -0.15) is 0 Å². The van der Waals surface area contributed by atoms with Crippen LogP contribution in [0.4, 0.5) is 0 Å². The van der Waals surface area contributed by atoms with E-state index in [4.69, 9.17) is 11.6 Å². The van der Waals surface area contributed by atoms with Gasteiger partial charge in [-0.15, -0.1) is 23.4 Å². The van der Waals surface area contributed by atoms with Crippen LogP contribution in [-0.2, 0) is 0 Å². The third kappa shape index (κ3) is 1.96. The van der Waals surface area contributed by atoms with E-state index in [1.807, 2.05) is 0 Å². The summed E-state index contributed by atoms with van der Waals surface area (Å²) < 4.78 is 0. The molecule has 2 rings (SSSR count). The SMILES string of the molecule is C[C@@H]1CSC(C2C=C[C@@H](Cl)CC2)=C1O. The molecule has 3 heteroatoms. The van der Waals surface area contributed by atoms with Crippen LogP contribution in [0.15, 0.2) is 22.8 Å². The normalized spacial score (nSPS) is 38.0. The Morgan fingerprint density at radius 3 is 2.71 bits per heavy atom. The molecule has 78 valence electrons. The van der Waals surface area contributed by atoms with Crippen molar-refractivity contribution in [2.75, 3.05) is 5.75 Å². The second-order valence-electron chi connectivity index (χ2n) is 4.05. The largest absolute Gasteiger partial charge is 0.511 e. The second kappa shape index (κ2) is 4.19. The predicted octanol–water partition coefficient (Wildman–Crippen LogP) is 3.71. The van der Waals surface area contributed by atoms with E-state index in [0.717, 1.165) is 18.6 Å². The highest BCUT2D eigenvalue weighted by Gasteiger charge is 2.28.